The Bertz CT molecular complexity index is 532. The number of aliphatic hydroxyl groups is 1. The van der Waals surface area contributed by atoms with Crippen LogP contribution in [0, 0.1) is 0 Å². The van der Waals surface area contributed by atoms with E-state index in [1.807, 2.05) is 6.92 Å². The van der Waals surface area contributed by atoms with Crippen molar-refractivity contribution in [3.63, 3.8) is 0 Å². The van der Waals surface area contributed by atoms with E-state index in [-0.39, 0.29) is 32.1 Å². The molecule has 190 valence electrons. The molecule has 0 fully saturated rings. The first-order valence-corrected chi connectivity index (χ1v) is 13.5. The van der Waals surface area contributed by atoms with E-state index in [1.165, 1.54) is 38.5 Å². The van der Waals surface area contributed by atoms with E-state index < -0.39 is 26.5 Å². The lowest BCUT2D eigenvalue weighted by atomic mass is 10.1. The van der Waals surface area contributed by atoms with Crippen molar-refractivity contribution in [2.45, 2.75) is 103 Å². The fourth-order valence-corrected chi connectivity index (χ4v) is 3.64. The molecule has 0 aromatic heterocycles. The van der Waals surface area contributed by atoms with Crippen molar-refractivity contribution in [1.29, 1.82) is 0 Å². The van der Waals surface area contributed by atoms with Crippen LogP contribution in [0.1, 0.15) is 97.3 Å². The molecular formula is C22H44NO8P. The van der Waals surface area contributed by atoms with Gasteiger partial charge < -0.3 is 20.1 Å². The van der Waals surface area contributed by atoms with E-state index in [1.54, 1.807) is 0 Å². The van der Waals surface area contributed by atoms with Crippen LogP contribution in [0.4, 0.5) is 0 Å². The molecule has 0 aliphatic heterocycles. The number of esters is 1. The average Bonchev–Trinajstić information content (AvgIpc) is 2.76. The highest BCUT2D eigenvalue weighted by Gasteiger charge is 2.23. The Morgan fingerprint density at radius 2 is 1.44 bits per heavy atom. The number of hydrogen-bond acceptors (Lipinski definition) is 7. The van der Waals surface area contributed by atoms with E-state index in [4.69, 9.17) is 13.8 Å². The largest absolute Gasteiger partial charge is 0.472 e. The number of unbranched alkanes of at least 4 members (excludes halogenated alkanes) is 9. The maximum absolute atomic E-state index is 11.8. The molecule has 0 spiro atoms. The number of carbonyl (C=O) groups is 2. The highest BCUT2D eigenvalue weighted by molar-refractivity contribution is 7.47. The molecule has 9 nitrogen and oxygen atoms in total. The summed E-state index contributed by atoms with van der Waals surface area (Å²) in [5.41, 5.74) is 0. The molecule has 0 aromatic carbocycles. The fourth-order valence-electron chi connectivity index (χ4n) is 2.88. The molecule has 10 heteroatoms. The average molecular weight is 482 g/mol. The third-order valence-electron chi connectivity index (χ3n) is 4.79. The highest BCUT2D eigenvalue weighted by Crippen LogP contribution is 2.42. The Morgan fingerprint density at radius 1 is 0.844 bits per heavy atom. The van der Waals surface area contributed by atoms with Gasteiger partial charge in [-0.05, 0) is 12.8 Å². The standard InChI is InChI=1S/C22H44NO8P/c1-3-5-7-8-9-10-11-12-13-15-22(26)29-18-20(24)19-31-32(27,28)30-17-16-23-21(25)14-6-4-2/h20,24H,3-19H2,1-2H3,(H,23,25)(H,27,28). The SMILES string of the molecule is CCCCCCCCCCCC(=O)OCC(O)COP(=O)(O)OCCNC(=O)CCCC. The molecule has 0 saturated heterocycles. The van der Waals surface area contributed by atoms with Crippen molar-refractivity contribution in [3.8, 4) is 0 Å². The highest BCUT2D eigenvalue weighted by atomic mass is 31.2. The topological polar surface area (TPSA) is 131 Å². The summed E-state index contributed by atoms with van der Waals surface area (Å²) in [6, 6.07) is 0. The number of phosphoric ester groups is 1. The van der Waals surface area contributed by atoms with Gasteiger partial charge in [0.2, 0.25) is 5.91 Å². The van der Waals surface area contributed by atoms with Gasteiger partial charge in [0.1, 0.15) is 12.7 Å². The predicted molar refractivity (Wildman–Crippen MR) is 123 cm³/mol. The molecule has 1 amide bonds. The number of rotatable bonds is 22. The lowest BCUT2D eigenvalue weighted by Gasteiger charge is -2.15. The Hall–Kier alpha value is -0.990. The third kappa shape index (κ3) is 20.9. The Labute approximate surface area is 193 Å². The summed E-state index contributed by atoms with van der Waals surface area (Å²) < 4.78 is 26.1. The Morgan fingerprint density at radius 3 is 2.06 bits per heavy atom. The van der Waals surface area contributed by atoms with Gasteiger partial charge in [-0.25, -0.2) is 4.57 Å². The smallest absolute Gasteiger partial charge is 0.463 e. The van der Waals surface area contributed by atoms with Crippen molar-refractivity contribution in [2.24, 2.45) is 0 Å². The zero-order chi connectivity index (χ0) is 24.1. The summed E-state index contributed by atoms with van der Waals surface area (Å²) in [5.74, 6) is -0.557. The number of carbonyl (C=O) groups excluding carboxylic acids is 2. The lowest BCUT2D eigenvalue weighted by Crippen LogP contribution is -2.27. The van der Waals surface area contributed by atoms with Crippen molar-refractivity contribution in [2.75, 3.05) is 26.4 Å². The molecule has 0 heterocycles. The van der Waals surface area contributed by atoms with E-state index in [0.29, 0.717) is 6.42 Å². The summed E-state index contributed by atoms with van der Waals surface area (Å²) >= 11 is 0. The first kappa shape index (κ1) is 31.0. The number of amides is 1. The zero-order valence-electron chi connectivity index (χ0n) is 19.9. The van der Waals surface area contributed by atoms with E-state index in [0.717, 1.165) is 32.1 Å². The van der Waals surface area contributed by atoms with Crippen LogP contribution in [0.2, 0.25) is 0 Å². The molecule has 3 N–H and O–H groups in total. The molecular weight excluding hydrogens is 437 g/mol. The Balaban J connectivity index is 3.70. The minimum atomic E-state index is -4.36. The summed E-state index contributed by atoms with van der Waals surface area (Å²) in [5, 5.41) is 12.3. The number of phosphoric acid groups is 1. The quantitative estimate of drug-likeness (QED) is 0.119. The number of nitrogens with one attached hydrogen (secondary N) is 1. The van der Waals surface area contributed by atoms with Crippen LogP contribution in [-0.2, 0) is 27.9 Å². The maximum Gasteiger partial charge on any atom is 0.472 e. The molecule has 0 aromatic rings. The minimum Gasteiger partial charge on any atom is -0.463 e. The van der Waals surface area contributed by atoms with Gasteiger partial charge >= 0.3 is 13.8 Å². The van der Waals surface area contributed by atoms with E-state index in [2.05, 4.69) is 12.2 Å². The van der Waals surface area contributed by atoms with Crippen molar-refractivity contribution in [1.82, 2.24) is 5.32 Å². The zero-order valence-corrected chi connectivity index (χ0v) is 20.8. The second kappa shape index (κ2) is 20.6. The number of hydrogen-bond donors (Lipinski definition) is 3. The molecule has 2 unspecified atom stereocenters. The van der Waals surface area contributed by atoms with Crippen LogP contribution in [0.5, 0.6) is 0 Å². The molecule has 0 rings (SSSR count). The van der Waals surface area contributed by atoms with Crippen molar-refractivity contribution in [3.05, 3.63) is 0 Å². The molecule has 0 bridgehead atoms. The molecule has 0 radical (unpaired) electrons. The van der Waals surface area contributed by atoms with Gasteiger partial charge in [0, 0.05) is 19.4 Å². The second-order valence-electron chi connectivity index (χ2n) is 7.97. The van der Waals surface area contributed by atoms with E-state index in [9.17, 15) is 24.2 Å². The van der Waals surface area contributed by atoms with Crippen molar-refractivity contribution < 1.29 is 37.9 Å². The minimum absolute atomic E-state index is 0.0789. The maximum atomic E-state index is 11.8. The van der Waals surface area contributed by atoms with Gasteiger partial charge in [0.05, 0.1) is 13.2 Å². The molecule has 0 saturated carbocycles. The first-order chi connectivity index (χ1) is 15.3. The normalized spacial score (nSPS) is 14.0. The molecule has 0 aliphatic rings. The first-order valence-electron chi connectivity index (χ1n) is 12.0. The summed E-state index contributed by atoms with van der Waals surface area (Å²) in [4.78, 5) is 32.7. The van der Waals surface area contributed by atoms with E-state index >= 15 is 0 Å². The van der Waals surface area contributed by atoms with Gasteiger partial charge in [-0.15, -0.1) is 0 Å². The van der Waals surface area contributed by atoms with Gasteiger partial charge in [-0.3, -0.25) is 18.6 Å². The van der Waals surface area contributed by atoms with Crippen LogP contribution in [-0.4, -0.2) is 54.3 Å². The Kier molecular flexibility index (Phi) is 20.0. The van der Waals surface area contributed by atoms with Crippen LogP contribution in [0.25, 0.3) is 0 Å². The van der Waals surface area contributed by atoms with Crippen LogP contribution < -0.4 is 5.32 Å². The van der Waals surface area contributed by atoms with Gasteiger partial charge in [-0.2, -0.15) is 0 Å². The number of ether oxygens (including phenoxy) is 1. The van der Waals surface area contributed by atoms with Crippen LogP contribution in [0.15, 0.2) is 0 Å². The summed E-state index contributed by atoms with van der Waals surface area (Å²) in [6.45, 7) is 3.23. The fraction of sp³-hybridized carbons (Fsp3) is 0.909. The molecule has 0 aliphatic carbocycles. The number of aliphatic hydroxyl groups excluding tert-OH is 1. The molecule has 2 atom stereocenters. The second-order valence-corrected chi connectivity index (χ2v) is 9.42. The van der Waals surface area contributed by atoms with Gasteiger partial charge in [0.15, 0.2) is 0 Å². The van der Waals surface area contributed by atoms with Crippen LogP contribution in [0.3, 0.4) is 0 Å². The lowest BCUT2D eigenvalue weighted by molar-refractivity contribution is -0.147. The predicted octanol–water partition coefficient (Wildman–Crippen LogP) is 4.25. The summed E-state index contributed by atoms with van der Waals surface area (Å²) in [7, 11) is -4.36. The third-order valence-corrected chi connectivity index (χ3v) is 5.77. The van der Waals surface area contributed by atoms with Gasteiger partial charge in [-0.1, -0.05) is 71.6 Å². The summed E-state index contributed by atoms with van der Waals surface area (Å²) in [6.07, 6.45) is 11.5. The molecule has 32 heavy (non-hydrogen) atoms. The van der Waals surface area contributed by atoms with Gasteiger partial charge in [0.25, 0.3) is 0 Å². The van der Waals surface area contributed by atoms with Crippen molar-refractivity contribution >= 4 is 19.7 Å². The monoisotopic (exact) mass is 481 g/mol. The van der Waals surface area contributed by atoms with Crippen LogP contribution >= 0.6 is 7.82 Å².